The summed E-state index contributed by atoms with van der Waals surface area (Å²) >= 11 is 0. The van der Waals surface area contributed by atoms with Gasteiger partial charge in [0.2, 0.25) is 0 Å². The molecule has 25 heavy (non-hydrogen) atoms. The topological polar surface area (TPSA) is 72.8 Å². The summed E-state index contributed by atoms with van der Waals surface area (Å²) in [6, 6.07) is 0. The molecule has 2 atom stereocenters. The van der Waals surface area contributed by atoms with Crippen LogP contribution in [-0.4, -0.2) is 35.9 Å². The number of cyclic esters (lactones) is 2. The van der Waals surface area contributed by atoms with Crippen LogP contribution in [0.25, 0.3) is 0 Å². The molecule has 5 heteroatoms. The van der Waals surface area contributed by atoms with E-state index in [0.717, 1.165) is 16.7 Å². The van der Waals surface area contributed by atoms with E-state index in [1.165, 1.54) is 6.08 Å². The Morgan fingerprint density at radius 3 is 2.84 bits per heavy atom. The number of carbonyl (C=O) groups excluding carboxylic acids is 2. The monoisotopic (exact) mass is 346 g/mol. The first-order valence-corrected chi connectivity index (χ1v) is 8.62. The smallest absolute Gasteiger partial charge is 0.334 e. The fourth-order valence-corrected chi connectivity index (χ4v) is 2.87. The van der Waals surface area contributed by atoms with Gasteiger partial charge in [-0.3, -0.25) is 0 Å². The van der Waals surface area contributed by atoms with Crippen molar-refractivity contribution >= 4 is 11.9 Å². The van der Waals surface area contributed by atoms with Crippen LogP contribution in [0, 0.1) is 0 Å². The Labute approximate surface area is 148 Å². The van der Waals surface area contributed by atoms with Crippen LogP contribution in [0.5, 0.6) is 0 Å². The molecule has 2 aliphatic heterocycles. The van der Waals surface area contributed by atoms with Gasteiger partial charge in [0.1, 0.15) is 12.7 Å². The fraction of sp³-hybridized carbons (Fsp3) is 0.500. The van der Waals surface area contributed by atoms with Crippen LogP contribution < -0.4 is 0 Å². The number of rotatable bonds is 8. The molecule has 5 nitrogen and oxygen atoms in total. The van der Waals surface area contributed by atoms with Crippen LogP contribution in [-0.2, 0) is 19.1 Å². The van der Waals surface area contributed by atoms with E-state index in [-0.39, 0.29) is 18.0 Å². The summed E-state index contributed by atoms with van der Waals surface area (Å²) in [7, 11) is 0. The van der Waals surface area contributed by atoms with Crippen LogP contribution in [0.4, 0.5) is 0 Å². The number of esters is 2. The van der Waals surface area contributed by atoms with E-state index >= 15 is 0 Å². The maximum absolute atomic E-state index is 11.8. The van der Waals surface area contributed by atoms with E-state index in [9.17, 15) is 14.7 Å². The molecule has 0 aromatic carbocycles. The molecule has 136 valence electrons. The van der Waals surface area contributed by atoms with Crippen molar-refractivity contribution < 1.29 is 24.2 Å². The third-order valence-electron chi connectivity index (χ3n) is 4.25. The van der Waals surface area contributed by atoms with Gasteiger partial charge in [-0.15, -0.1) is 0 Å². The zero-order valence-corrected chi connectivity index (χ0v) is 14.9. The van der Waals surface area contributed by atoms with Crippen molar-refractivity contribution in [3.8, 4) is 0 Å². The van der Waals surface area contributed by atoms with Crippen molar-refractivity contribution in [3.63, 3.8) is 0 Å². The maximum Gasteiger partial charge on any atom is 0.334 e. The highest BCUT2D eigenvalue weighted by molar-refractivity contribution is 5.90. The molecule has 1 N–H and O–H groups in total. The lowest BCUT2D eigenvalue weighted by Crippen LogP contribution is -2.10. The first-order chi connectivity index (χ1) is 11.8. The van der Waals surface area contributed by atoms with Crippen LogP contribution in [0.2, 0.25) is 0 Å². The van der Waals surface area contributed by atoms with E-state index < -0.39 is 6.10 Å². The summed E-state index contributed by atoms with van der Waals surface area (Å²) in [6.07, 6.45) is 7.51. The van der Waals surface area contributed by atoms with Crippen LogP contribution in [0.3, 0.4) is 0 Å². The van der Waals surface area contributed by atoms with Gasteiger partial charge in [0, 0.05) is 18.1 Å². The van der Waals surface area contributed by atoms with Gasteiger partial charge in [-0.05, 0) is 56.8 Å². The Bertz CT molecular complexity index is 634. The Kier molecular flexibility index (Phi) is 6.76. The van der Waals surface area contributed by atoms with Gasteiger partial charge >= 0.3 is 11.9 Å². The van der Waals surface area contributed by atoms with E-state index in [4.69, 9.17) is 9.47 Å². The van der Waals surface area contributed by atoms with Gasteiger partial charge in [0.25, 0.3) is 0 Å². The normalized spacial score (nSPS) is 22.4. The standard InChI is InChI=1S/C20H26O5/c1-13(2)9-17-11-16(20(23)25-17)6-4-5-14(3)18(21)8-7-15-10-19(22)24-12-15/h6,9-10,17-18,21H,3-5,7-8,11-12H2,1-2H3/b16-6+/t17-,18?/m1/s1. The van der Waals surface area contributed by atoms with Gasteiger partial charge in [-0.2, -0.15) is 0 Å². The molecule has 0 aromatic heterocycles. The quantitative estimate of drug-likeness (QED) is 0.415. The number of allylic oxidation sites excluding steroid dienone is 2. The summed E-state index contributed by atoms with van der Waals surface area (Å²) in [5.41, 5.74) is 3.45. The largest absolute Gasteiger partial charge is 0.458 e. The highest BCUT2D eigenvalue weighted by atomic mass is 16.5. The number of ether oxygens (including phenoxy) is 2. The van der Waals surface area contributed by atoms with Gasteiger partial charge in [0.15, 0.2) is 0 Å². The van der Waals surface area contributed by atoms with E-state index in [2.05, 4.69) is 6.58 Å². The highest BCUT2D eigenvalue weighted by Crippen LogP contribution is 2.24. The molecule has 0 spiro atoms. The first-order valence-electron chi connectivity index (χ1n) is 8.62. The van der Waals surface area contributed by atoms with Crippen molar-refractivity contribution in [3.05, 3.63) is 47.1 Å². The molecule has 2 aliphatic rings. The van der Waals surface area contributed by atoms with Gasteiger partial charge < -0.3 is 14.6 Å². The van der Waals surface area contributed by atoms with Crippen molar-refractivity contribution in [2.75, 3.05) is 6.61 Å². The predicted molar refractivity (Wildman–Crippen MR) is 94.7 cm³/mol. The van der Waals surface area contributed by atoms with E-state index in [0.29, 0.717) is 44.3 Å². The average molecular weight is 346 g/mol. The van der Waals surface area contributed by atoms with Crippen LogP contribution in [0.1, 0.15) is 46.0 Å². The van der Waals surface area contributed by atoms with Gasteiger partial charge in [-0.1, -0.05) is 18.2 Å². The van der Waals surface area contributed by atoms with Crippen molar-refractivity contribution in [1.82, 2.24) is 0 Å². The SMILES string of the molecule is C=C(CC/C=C1\C[C@@H](C=C(C)C)OC1=O)C(O)CCC1=CC(=O)OC1. The molecule has 0 bridgehead atoms. The molecule has 2 heterocycles. The molecule has 2 rings (SSSR count). The second kappa shape index (κ2) is 8.81. The zero-order chi connectivity index (χ0) is 18.4. The molecule has 1 unspecified atom stereocenters. The molecule has 1 saturated heterocycles. The predicted octanol–water partition coefficient (Wildman–Crippen LogP) is 3.16. The summed E-state index contributed by atoms with van der Waals surface area (Å²) in [5.74, 6) is -0.573. The molecular weight excluding hydrogens is 320 g/mol. The minimum absolute atomic E-state index is 0.165. The number of aliphatic hydroxyl groups excluding tert-OH is 1. The molecule has 0 amide bonds. The lowest BCUT2D eigenvalue weighted by molar-refractivity contribution is -0.137. The average Bonchev–Trinajstić information content (AvgIpc) is 3.10. The molecule has 0 aromatic rings. The summed E-state index contributed by atoms with van der Waals surface area (Å²) in [6.45, 7) is 8.20. The minimum Gasteiger partial charge on any atom is -0.458 e. The summed E-state index contributed by atoms with van der Waals surface area (Å²) in [4.78, 5) is 22.8. The van der Waals surface area contributed by atoms with Crippen LogP contribution in [0.15, 0.2) is 47.1 Å². The van der Waals surface area contributed by atoms with E-state index in [1.807, 2.05) is 26.0 Å². The second-order valence-electron chi connectivity index (χ2n) is 6.78. The summed E-state index contributed by atoms with van der Waals surface area (Å²) < 4.78 is 10.1. The lowest BCUT2D eigenvalue weighted by Gasteiger charge is -2.13. The molecule has 1 fully saturated rings. The maximum atomic E-state index is 11.8. The Morgan fingerprint density at radius 2 is 2.20 bits per heavy atom. The first kappa shape index (κ1) is 19.2. The minimum atomic E-state index is -0.621. The molecule has 0 aliphatic carbocycles. The zero-order valence-electron chi connectivity index (χ0n) is 14.9. The number of aliphatic hydroxyl groups is 1. The molecular formula is C20H26O5. The van der Waals surface area contributed by atoms with Gasteiger partial charge in [0.05, 0.1) is 6.10 Å². The number of hydrogen-bond donors (Lipinski definition) is 1. The second-order valence-corrected chi connectivity index (χ2v) is 6.78. The molecule has 0 radical (unpaired) electrons. The highest BCUT2D eigenvalue weighted by Gasteiger charge is 2.26. The van der Waals surface area contributed by atoms with Crippen molar-refractivity contribution in [2.24, 2.45) is 0 Å². The summed E-state index contributed by atoms with van der Waals surface area (Å²) in [5, 5.41) is 10.2. The number of carbonyl (C=O) groups is 2. The lowest BCUT2D eigenvalue weighted by atomic mass is 9.98. The van der Waals surface area contributed by atoms with E-state index in [1.54, 1.807) is 0 Å². The van der Waals surface area contributed by atoms with Crippen LogP contribution >= 0.6 is 0 Å². The fourth-order valence-electron chi connectivity index (χ4n) is 2.87. The third-order valence-corrected chi connectivity index (χ3v) is 4.25. The van der Waals surface area contributed by atoms with Gasteiger partial charge in [-0.25, -0.2) is 9.59 Å². The Hall–Kier alpha value is -2.14. The van der Waals surface area contributed by atoms with Crippen molar-refractivity contribution in [2.45, 2.75) is 58.2 Å². The Balaban J connectivity index is 1.74. The molecule has 0 saturated carbocycles. The Morgan fingerprint density at radius 1 is 1.44 bits per heavy atom. The number of hydrogen-bond acceptors (Lipinski definition) is 5. The van der Waals surface area contributed by atoms with Crippen molar-refractivity contribution in [1.29, 1.82) is 0 Å². The third kappa shape index (κ3) is 6.02.